The molecule has 0 radical (unpaired) electrons. The third kappa shape index (κ3) is 2.23. The van der Waals surface area contributed by atoms with E-state index in [9.17, 15) is 4.79 Å². The SMILES string of the molecule is O=c1c2c(ccn1Cc1ccccc1)[C@H]1CCC[C@H]1CC2. The summed E-state index contributed by atoms with van der Waals surface area (Å²) in [6, 6.07) is 12.5. The second kappa shape index (κ2) is 5.18. The van der Waals surface area contributed by atoms with Gasteiger partial charge >= 0.3 is 0 Å². The second-order valence-electron chi connectivity index (χ2n) is 6.50. The Balaban J connectivity index is 1.71. The highest BCUT2D eigenvalue weighted by Crippen LogP contribution is 2.45. The number of pyridine rings is 1. The summed E-state index contributed by atoms with van der Waals surface area (Å²) in [5.74, 6) is 1.50. The molecule has 4 rings (SSSR count). The summed E-state index contributed by atoms with van der Waals surface area (Å²) in [5, 5.41) is 0. The fraction of sp³-hybridized carbons (Fsp3) is 0.421. The Morgan fingerprint density at radius 2 is 1.90 bits per heavy atom. The highest BCUT2D eigenvalue weighted by atomic mass is 16.1. The molecule has 1 aromatic heterocycles. The standard InChI is InChI=1S/C19H21NO/c21-19-18-10-9-15-7-4-8-16(15)17(18)11-12-20(19)13-14-5-2-1-3-6-14/h1-3,5-6,11-12,15-16H,4,7-10,13H2/t15-,16-/m0/s1. The Hall–Kier alpha value is -1.83. The third-order valence-electron chi connectivity index (χ3n) is 5.32. The van der Waals surface area contributed by atoms with Gasteiger partial charge in [-0.25, -0.2) is 0 Å². The molecule has 21 heavy (non-hydrogen) atoms. The van der Waals surface area contributed by atoms with Gasteiger partial charge in [-0.1, -0.05) is 36.8 Å². The Kier molecular flexibility index (Phi) is 3.17. The molecule has 2 aliphatic carbocycles. The smallest absolute Gasteiger partial charge is 0.254 e. The van der Waals surface area contributed by atoms with Crippen molar-refractivity contribution < 1.29 is 0 Å². The van der Waals surface area contributed by atoms with E-state index in [2.05, 4.69) is 18.2 Å². The van der Waals surface area contributed by atoms with E-state index in [-0.39, 0.29) is 5.56 Å². The maximum Gasteiger partial charge on any atom is 0.254 e. The zero-order valence-electron chi connectivity index (χ0n) is 12.3. The van der Waals surface area contributed by atoms with Crippen molar-refractivity contribution in [1.29, 1.82) is 0 Å². The van der Waals surface area contributed by atoms with E-state index in [1.54, 1.807) is 0 Å². The first kappa shape index (κ1) is 12.9. The average molecular weight is 279 g/mol. The van der Waals surface area contributed by atoms with Crippen LogP contribution in [0.25, 0.3) is 0 Å². The minimum atomic E-state index is 0.238. The molecule has 2 aliphatic rings. The molecule has 1 heterocycles. The van der Waals surface area contributed by atoms with E-state index in [0.29, 0.717) is 12.5 Å². The van der Waals surface area contributed by atoms with Gasteiger partial charge in [-0.05, 0) is 54.7 Å². The highest BCUT2D eigenvalue weighted by molar-refractivity contribution is 5.32. The predicted octanol–water partition coefficient (Wildman–Crippen LogP) is 3.73. The molecule has 108 valence electrons. The number of hydrogen-bond acceptors (Lipinski definition) is 1. The lowest BCUT2D eigenvalue weighted by molar-refractivity contribution is 0.418. The first-order chi connectivity index (χ1) is 10.3. The van der Waals surface area contributed by atoms with E-state index in [0.717, 1.165) is 17.9 Å². The van der Waals surface area contributed by atoms with Gasteiger partial charge in [0.15, 0.2) is 0 Å². The maximum absolute atomic E-state index is 12.8. The van der Waals surface area contributed by atoms with Crippen LogP contribution in [0.15, 0.2) is 47.4 Å². The van der Waals surface area contributed by atoms with Crippen LogP contribution in [0, 0.1) is 5.92 Å². The predicted molar refractivity (Wildman–Crippen MR) is 84.6 cm³/mol. The lowest BCUT2D eigenvalue weighted by atomic mass is 9.78. The number of fused-ring (bicyclic) bond motifs is 3. The monoisotopic (exact) mass is 279 g/mol. The number of rotatable bonds is 2. The highest BCUT2D eigenvalue weighted by Gasteiger charge is 2.34. The van der Waals surface area contributed by atoms with Crippen LogP contribution in [-0.4, -0.2) is 4.57 Å². The summed E-state index contributed by atoms with van der Waals surface area (Å²) in [6.45, 7) is 0.682. The number of nitrogens with zero attached hydrogens (tertiary/aromatic N) is 1. The van der Waals surface area contributed by atoms with Gasteiger partial charge in [0.05, 0.1) is 6.54 Å². The summed E-state index contributed by atoms with van der Waals surface area (Å²) >= 11 is 0. The minimum absolute atomic E-state index is 0.238. The zero-order valence-corrected chi connectivity index (χ0v) is 12.3. The summed E-state index contributed by atoms with van der Waals surface area (Å²) in [7, 11) is 0. The van der Waals surface area contributed by atoms with Gasteiger partial charge in [0.1, 0.15) is 0 Å². The summed E-state index contributed by atoms with van der Waals surface area (Å²) in [4.78, 5) is 12.8. The van der Waals surface area contributed by atoms with Crippen LogP contribution >= 0.6 is 0 Å². The van der Waals surface area contributed by atoms with E-state index < -0.39 is 0 Å². The van der Waals surface area contributed by atoms with E-state index in [1.165, 1.54) is 36.8 Å². The number of hydrogen-bond donors (Lipinski definition) is 0. The third-order valence-corrected chi connectivity index (χ3v) is 5.32. The lowest BCUT2D eigenvalue weighted by Crippen LogP contribution is -2.29. The topological polar surface area (TPSA) is 22.0 Å². The van der Waals surface area contributed by atoms with Crippen LogP contribution in [-0.2, 0) is 13.0 Å². The summed E-state index contributed by atoms with van der Waals surface area (Å²) in [6.07, 6.45) is 8.17. The molecule has 2 nitrogen and oxygen atoms in total. The largest absolute Gasteiger partial charge is 0.311 e. The van der Waals surface area contributed by atoms with Crippen LogP contribution < -0.4 is 5.56 Å². The molecule has 1 saturated carbocycles. The van der Waals surface area contributed by atoms with Gasteiger partial charge in [0.25, 0.3) is 5.56 Å². The van der Waals surface area contributed by atoms with Crippen LogP contribution in [0.3, 0.4) is 0 Å². The number of aromatic nitrogens is 1. The average Bonchev–Trinajstić information content (AvgIpc) is 3.00. The molecular formula is C19H21NO. The van der Waals surface area contributed by atoms with Gasteiger partial charge in [-0.3, -0.25) is 4.79 Å². The minimum Gasteiger partial charge on any atom is -0.311 e. The van der Waals surface area contributed by atoms with Crippen molar-refractivity contribution in [2.45, 2.75) is 44.6 Å². The van der Waals surface area contributed by atoms with Crippen molar-refractivity contribution in [3.8, 4) is 0 Å². The van der Waals surface area contributed by atoms with Gasteiger partial charge in [-0.2, -0.15) is 0 Å². The van der Waals surface area contributed by atoms with Crippen molar-refractivity contribution in [3.63, 3.8) is 0 Å². The lowest BCUT2D eigenvalue weighted by Gasteiger charge is -2.28. The summed E-state index contributed by atoms with van der Waals surface area (Å²) in [5.41, 5.74) is 3.88. The first-order valence-corrected chi connectivity index (χ1v) is 8.09. The fourth-order valence-electron chi connectivity index (χ4n) is 4.26. The van der Waals surface area contributed by atoms with Crippen molar-refractivity contribution >= 4 is 0 Å². The zero-order chi connectivity index (χ0) is 14.2. The quantitative estimate of drug-likeness (QED) is 0.821. The maximum atomic E-state index is 12.8. The normalized spacial score (nSPS) is 23.6. The molecule has 2 heteroatoms. The Morgan fingerprint density at radius 1 is 1.05 bits per heavy atom. The molecule has 0 bridgehead atoms. The van der Waals surface area contributed by atoms with E-state index in [4.69, 9.17) is 0 Å². The van der Waals surface area contributed by atoms with Crippen LogP contribution in [0.2, 0.25) is 0 Å². The van der Waals surface area contributed by atoms with E-state index in [1.807, 2.05) is 29.0 Å². The van der Waals surface area contributed by atoms with Gasteiger partial charge in [-0.15, -0.1) is 0 Å². The fourth-order valence-corrected chi connectivity index (χ4v) is 4.26. The molecular weight excluding hydrogens is 258 g/mol. The van der Waals surface area contributed by atoms with Crippen molar-refractivity contribution in [3.05, 3.63) is 69.6 Å². The molecule has 0 unspecified atom stereocenters. The number of benzene rings is 1. The molecule has 1 aromatic carbocycles. The summed E-state index contributed by atoms with van der Waals surface area (Å²) < 4.78 is 1.88. The van der Waals surface area contributed by atoms with Crippen LogP contribution in [0.4, 0.5) is 0 Å². The van der Waals surface area contributed by atoms with Gasteiger partial charge < -0.3 is 4.57 Å². The molecule has 0 saturated heterocycles. The van der Waals surface area contributed by atoms with Gasteiger partial charge in [0, 0.05) is 11.8 Å². The van der Waals surface area contributed by atoms with Crippen molar-refractivity contribution in [2.75, 3.05) is 0 Å². The molecule has 0 amide bonds. The van der Waals surface area contributed by atoms with Crippen LogP contribution in [0.5, 0.6) is 0 Å². The van der Waals surface area contributed by atoms with E-state index >= 15 is 0 Å². The molecule has 0 aliphatic heterocycles. The van der Waals surface area contributed by atoms with Gasteiger partial charge in [0.2, 0.25) is 0 Å². The van der Waals surface area contributed by atoms with Crippen LogP contribution in [0.1, 0.15) is 48.3 Å². The molecule has 2 aromatic rings. The second-order valence-corrected chi connectivity index (χ2v) is 6.50. The molecule has 0 N–H and O–H groups in total. The molecule has 2 atom stereocenters. The first-order valence-electron chi connectivity index (χ1n) is 8.09. The molecule has 0 spiro atoms. The Bertz CT molecular complexity index is 701. The Morgan fingerprint density at radius 3 is 2.76 bits per heavy atom. The Labute approximate surface area is 125 Å². The van der Waals surface area contributed by atoms with Crippen molar-refractivity contribution in [2.24, 2.45) is 5.92 Å². The van der Waals surface area contributed by atoms with Crippen molar-refractivity contribution in [1.82, 2.24) is 4.57 Å². The molecule has 1 fully saturated rings.